The predicted molar refractivity (Wildman–Crippen MR) is 64.3 cm³/mol. The van der Waals surface area contributed by atoms with Crippen LogP contribution >= 0.6 is 0 Å². The maximum Gasteiger partial charge on any atom is 0.411 e. The van der Waals surface area contributed by atoms with E-state index in [2.05, 4.69) is 5.32 Å². The van der Waals surface area contributed by atoms with Crippen LogP contribution in [0.5, 0.6) is 0 Å². The molecule has 0 aromatic heterocycles. The monoisotopic (exact) mass is 279 g/mol. The Labute approximate surface area is 109 Å². The number of hydrogen-bond donors (Lipinski definition) is 1. The Morgan fingerprint density at radius 3 is 2.37 bits per heavy atom. The Balaban J connectivity index is 2.77. The molecule has 0 spiro atoms. The quantitative estimate of drug-likeness (QED) is 0.805. The molecule has 0 aliphatic heterocycles. The summed E-state index contributed by atoms with van der Waals surface area (Å²) in [5.41, 5.74) is 0.125. The van der Waals surface area contributed by atoms with Crippen LogP contribution in [0.3, 0.4) is 0 Å². The Bertz CT molecular complexity index is 392. The Morgan fingerprint density at radius 2 is 1.84 bits per heavy atom. The van der Waals surface area contributed by atoms with Crippen molar-refractivity contribution in [3.05, 3.63) is 35.6 Å². The smallest absolute Gasteiger partial charge is 0.363 e. The second-order valence-corrected chi connectivity index (χ2v) is 4.50. The maximum atomic E-state index is 13.6. The third kappa shape index (κ3) is 6.02. The summed E-state index contributed by atoms with van der Waals surface area (Å²) in [4.78, 5) is 0. The van der Waals surface area contributed by atoms with Crippen molar-refractivity contribution in [2.24, 2.45) is 0 Å². The zero-order valence-corrected chi connectivity index (χ0v) is 10.8. The fourth-order valence-corrected chi connectivity index (χ4v) is 1.53. The molecule has 0 bridgehead atoms. The third-order valence-electron chi connectivity index (χ3n) is 2.41. The molecule has 0 amide bonds. The van der Waals surface area contributed by atoms with Crippen LogP contribution in [0, 0.1) is 5.82 Å². The number of benzene rings is 1. The van der Waals surface area contributed by atoms with Crippen molar-refractivity contribution in [2.45, 2.75) is 32.2 Å². The topological polar surface area (TPSA) is 21.3 Å². The molecule has 0 aliphatic carbocycles. The molecule has 0 saturated heterocycles. The van der Waals surface area contributed by atoms with Crippen molar-refractivity contribution in [1.82, 2.24) is 5.32 Å². The average molecular weight is 279 g/mol. The normalized spacial score (nSPS) is 13.8. The van der Waals surface area contributed by atoms with E-state index in [0.717, 1.165) is 0 Å². The van der Waals surface area contributed by atoms with Gasteiger partial charge in [-0.1, -0.05) is 32.0 Å². The van der Waals surface area contributed by atoms with Crippen molar-refractivity contribution in [2.75, 3.05) is 13.2 Å². The Morgan fingerprint density at radius 1 is 1.21 bits per heavy atom. The molecule has 0 fully saturated rings. The first-order valence-electron chi connectivity index (χ1n) is 5.96. The largest absolute Gasteiger partial charge is 0.411 e. The lowest BCUT2D eigenvalue weighted by atomic mass is 10.1. The second-order valence-electron chi connectivity index (χ2n) is 4.50. The van der Waals surface area contributed by atoms with Gasteiger partial charge in [-0.3, -0.25) is 0 Å². The number of ether oxygens (including phenoxy) is 1. The molecule has 6 heteroatoms. The predicted octanol–water partition coefficient (Wildman–Crippen LogP) is 3.44. The molecule has 1 N–H and O–H groups in total. The molecule has 0 radical (unpaired) electrons. The number of alkyl halides is 3. The van der Waals surface area contributed by atoms with Gasteiger partial charge in [-0.15, -0.1) is 0 Å². The van der Waals surface area contributed by atoms with Crippen molar-refractivity contribution in [3.63, 3.8) is 0 Å². The van der Waals surface area contributed by atoms with Gasteiger partial charge in [0, 0.05) is 18.2 Å². The molecule has 2 nitrogen and oxygen atoms in total. The van der Waals surface area contributed by atoms with Gasteiger partial charge in [-0.2, -0.15) is 13.2 Å². The molecule has 0 heterocycles. The lowest BCUT2D eigenvalue weighted by Crippen LogP contribution is -2.31. The van der Waals surface area contributed by atoms with Gasteiger partial charge >= 0.3 is 6.18 Å². The SMILES string of the molecule is CC(C)NCC(OCC(F)(F)F)c1ccccc1F. The maximum absolute atomic E-state index is 13.6. The number of hydrogen-bond acceptors (Lipinski definition) is 2. The van der Waals surface area contributed by atoms with Gasteiger partial charge in [0.05, 0.1) is 6.10 Å². The lowest BCUT2D eigenvalue weighted by molar-refractivity contribution is -0.186. The standard InChI is InChI=1S/C13H17F4NO/c1-9(2)18-7-12(19-8-13(15,16)17)10-5-3-4-6-11(10)14/h3-6,9,12,18H,7-8H2,1-2H3. The van der Waals surface area contributed by atoms with Crippen LogP contribution in [0.15, 0.2) is 24.3 Å². The van der Waals surface area contributed by atoms with Crippen molar-refractivity contribution < 1.29 is 22.3 Å². The zero-order valence-electron chi connectivity index (χ0n) is 10.8. The molecule has 1 rings (SSSR count). The van der Waals surface area contributed by atoms with E-state index in [0.29, 0.717) is 0 Å². The van der Waals surface area contributed by atoms with Gasteiger partial charge in [0.1, 0.15) is 12.4 Å². The molecule has 19 heavy (non-hydrogen) atoms. The Kier molecular flexibility index (Phi) is 5.75. The van der Waals surface area contributed by atoms with Crippen LogP contribution < -0.4 is 5.32 Å². The van der Waals surface area contributed by atoms with Crippen LogP contribution in [0.1, 0.15) is 25.5 Å². The first-order valence-corrected chi connectivity index (χ1v) is 5.96. The van der Waals surface area contributed by atoms with Crippen LogP contribution in [0.4, 0.5) is 17.6 Å². The molecular formula is C13H17F4NO. The minimum absolute atomic E-state index is 0.0729. The fourth-order valence-electron chi connectivity index (χ4n) is 1.53. The first-order chi connectivity index (χ1) is 8.79. The van der Waals surface area contributed by atoms with Gasteiger partial charge in [0.25, 0.3) is 0 Å². The third-order valence-corrected chi connectivity index (χ3v) is 2.41. The molecule has 1 aromatic rings. The number of halogens is 4. The highest BCUT2D eigenvalue weighted by Crippen LogP contribution is 2.24. The van der Waals surface area contributed by atoms with E-state index in [4.69, 9.17) is 4.74 Å². The summed E-state index contributed by atoms with van der Waals surface area (Å²) < 4.78 is 55.0. The molecule has 1 unspecified atom stereocenters. The van der Waals surface area contributed by atoms with Crippen molar-refractivity contribution in [1.29, 1.82) is 0 Å². The van der Waals surface area contributed by atoms with Gasteiger partial charge < -0.3 is 10.1 Å². The van der Waals surface area contributed by atoms with Gasteiger partial charge in [-0.05, 0) is 6.07 Å². The van der Waals surface area contributed by atoms with Crippen molar-refractivity contribution >= 4 is 0 Å². The van der Waals surface area contributed by atoms with E-state index in [-0.39, 0.29) is 18.2 Å². The number of nitrogens with one attached hydrogen (secondary N) is 1. The summed E-state index contributed by atoms with van der Waals surface area (Å²) in [7, 11) is 0. The average Bonchev–Trinajstić information content (AvgIpc) is 2.29. The summed E-state index contributed by atoms with van der Waals surface area (Å²) in [5.74, 6) is -0.569. The van der Waals surface area contributed by atoms with Gasteiger partial charge in [0.15, 0.2) is 0 Å². The van der Waals surface area contributed by atoms with Gasteiger partial charge in [0.2, 0.25) is 0 Å². The Hall–Kier alpha value is -1.14. The minimum atomic E-state index is -4.43. The lowest BCUT2D eigenvalue weighted by Gasteiger charge is -2.21. The minimum Gasteiger partial charge on any atom is -0.363 e. The summed E-state index contributed by atoms with van der Waals surface area (Å²) in [6.07, 6.45) is -5.40. The summed E-state index contributed by atoms with van der Waals surface area (Å²) in [6, 6.07) is 5.75. The zero-order chi connectivity index (χ0) is 14.5. The van der Waals surface area contributed by atoms with Crippen LogP contribution in [0.2, 0.25) is 0 Å². The van der Waals surface area contributed by atoms with E-state index >= 15 is 0 Å². The molecular weight excluding hydrogens is 262 g/mol. The van der Waals surface area contributed by atoms with Crippen LogP contribution in [-0.4, -0.2) is 25.4 Å². The molecule has 0 saturated carbocycles. The highest BCUT2D eigenvalue weighted by Gasteiger charge is 2.30. The summed E-state index contributed by atoms with van der Waals surface area (Å²) in [5, 5.41) is 2.95. The van der Waals surface area contributed by atoms with Crippen LogP contribution in [0.25, 0.3) is 0 Å². The highest BCUT2D eigenvalue weighted by atomic mass is 19.4. The highest BCUT2D eigenvalue weighted by molar-refractivity contribution is 5.20. The van der Waals surface area contributed by atoms with E-state index in [1.165, 1.54) is 18.2 Å². The molecule has 0 aliphatic rings. The second kappa shape index (κ2) is 6.86. The van der Waals surface area contributed by atoms with Crippen molar-refractivity contribution in [3.8, 4) is 0 Å². The van der Waals surface area contributed by atoms with E-state index in [9.17, 15) is 17.6 Å². The van der Waals surface area contributed by atoms with E-state index in [1.54, 1.807) is 6.07 Å². The molecule has 108 valence electrons. The van der Waals surface area contributed by atoms with Crippen LogP contribution in [-0.2, 0) is 4.74 Å². The summed E-state index contributed by atoms with van der Waals surface area (Å²) in [6.45, 7) is 2.42. The molecule has 1 atom stereocenters. The fraction of sp³-hybridized carbons (Fsp3) is 0.538. The van der Waals surface area contributed by atoms with E-state index < -0.39 is 24.7 Å². The summed E-state index contributed by atoms with van der Waals surface area (Å²) >= 11 is 0. The number of rotatable bonds is 6. The van der Waals surface area contributed by atoms with Gasteiger partial charge in [-0.25, -0.2) is 4.39 Å². The van der Waals surface area contributed by atoms with E-state index in [1.807, 2.05) is 13.8 Å². The molecule has 1 aromatic carbocycles. The first kappa shape index (κ1) is 15.9.